The van der Waals surface area contributed by atoms with Crippen LogP contribution in [0.1, 0.15) is 32.3 Å². The van der Waals surface area contributed by atoms with Crippen LogP contribution in [0.25, 0.3) is 0 Å². The second-order valence-corrected chi connectivity index (χ2v) is 9.04. The molecule has 188 valence electrons. The van der Waals surface area contributed by atoms with Crippen LogP contribution in [0, 0.1) is 5.92 Å². The molecule has 0 radical (unpaired) electrons. The summed E-state index contributed by atoms with van der Waals surface area (Å²) in [7, 11) is 0. The quantitative estimate of drug-likeness (QED) is 0.357. The van der Waals surface area contributed by atoms with Crippen molar-refractivity contribution in [2.75, 3.05) is 38.2 Å². The normalized spacial score (nSPS) is 16.0. The summed E-state index contributed by atoms with van der Waals surface area (Å²) < 4.78 is 11.2. The van der Waals surface area contributed by atoms with Gasteiger partial charge >= 0.3 is 5.97 Å². The number of piperazine rings is 1. The number of esters is 1. The first-order valence-electron chi connectivity index (χ1n) is 12.2. The lowest BCUT2D eigenvalue weighted by Crippen LogP contribution is -2.57. The lowest BCUT2D eigenvalue weighted by molar-refractivity contribution is -0.149. The van der Waals surface area contributed by atoms with Crippen molar-refractivity contribution in [3.63, 3.8) is 0 Å². The Kier molecular flexibility index (Phi) is 10.1. The molecule has 1 unspecified atom stereocenters. The average molecular weight is 482 g/mol. The minimum Gasteiger partial charge on any atom is -0.491 e. The van der Waals surface area contributed by atoms with Gasteiger partial charge in [0.05, 0.1) is 31.9 Å². The monoisotopic (exact) mass is 481 g/mol. The molecule has 1 heterocycles. The van der Waals surface area contributed by atoms with Crippen LogP contribution >= 0.6 is 0 Å². The molecule has 1 fully saturated rings. The number of ether oxygens (including phenoxy) is 2. The third-order valence-electron chi connectivity index (χ3n) is 5.60. The van der Waals surface area contributed by atoms with Crippen molar-refractivity contribution in [1.29, 1.82) is 0 Å². The molecule has 1 aliphatic heterocycles. The van der Waals surface area contributed by atoms with E-state index >= 15 is 0 Å². The second-order valence-electron chi connectivity index (χ2n) is 9.04. The predicted molar refractivity (Wildman–Crippen MR) is 134 cm³/mol. The molecule has 1 aliphatic rings. The van der Waals surface area contributed by atoms with Crippen LogP contribution in [0.2, 0.25) is 0 Å². The van der Waals surface area contributed by atoms with Crippen molar-refractivity contribution in [2.45, 2.75) is 39.2 Å². The van der Waals surface area contributed by atoms with Crippen LogP contribution in [0.5, 0.6) is 5.75 Å². The van der Waals surface area contributed by atoms with Crippen molar-refractivity contribution in [1.82, 2.24) is 10.2 Å². The lowest BCUT2D eigenvalue weighted by atomic mass is 10.1. The maximum Gasteiger partial charge on any atom is 0.307 e. The highest BCUT2D eigenvalue weighted by atomic mass is 16.5. The van der Waals surface area contributed by atoms with E-state index < -0.39 is 12.0 Å². The van der Waals surface area contributed by atoms with Crippen LogP contribution < -0.4 is 15.4 Å². The zero-order valence-corrected chi connectivity index (χ0v) is 20.5. The molecule has 0 bridgehead atoms. The Bertz CT molecular complexity index is 980. The number of benzene rings is 2. The van der Waals surface area contributed by atoms with E-state index in [-0.39, 0.29) is 30.7 Å². The minimum atomic E-state index is -0.737. The summed E-state index contributed by atoms with van der Waals surface area (Å²) in [4.78, 5) is 39.2. The lowest BCUT2D eigenvalue weighted by Gasteiger charge is -2.34. The van der Waals surface area contributed by atoms with Gasteiger partial charge < -0.3 is 20.1 Å². The van der Waals surface area contributed by atoms with E-state index in [0.29, 0.717) is 37.7 Å². The number of aryl methyl sites for hydroxylation is 1. The highest BCUT2D eigenvalue weighted by Crippen LogP contribution is 2.24. The molecule has 35 heavy (non-hydrogen) atoms. The smallest absolute Gasteiger partial charge is 0.307 e. The SMILES string of the molecule is CC(C)COC(=O)CC1C(=O)NCCN1CC(=O)Nc1ccccc1OCCCc1ccccc1. The van der Waals surface area contributed by atoms with Gasteiger partial charge in [-0.3, -0.25) is 19.3 Å². The highest BCUT2D eigenvalue weighted by Gasteiger charge is 2.33. The van der Waals surface area contributed by atoms with E-state index in [1.165, 1.54) is 5.56 Å². The molecule has 0 aliphatic carbocycles. The van der Waals surface area contributed by atoms with E-state index in [2.05, 4.69) is 22.8 Å². The Morgan fingerprint density at radius 1 is 1.11 bits per heavy atom. The molecule has 2 amide bonds. The van der Waals surface area contributed by atoms with Crippen molar-refractivity contribution in [3.05, 3.63) is 60.2 Å². The summed E-state index contributed by atoms with van der Waals surface area (Å²) in [5.41, 5.74) is 1.83. The molecular weight excluding hydrogens is 446 g/mol. The fourth-order valence-corrected chi connectivity index (χ4v) is 3.82. The Balaban J connectivity index is 1.52. The summed E-state index contributed by atoms with van der Waals surface area (Å²) in [6, 6.07) is 16.8. The number of amides is 2. The Hall–Kier alpha value is -3.39. The average Bonchev–Trinajstić information content (AvgIpc) is 2.84. The number of nitrogens with one attached hydrogen (secondary N) is 2. The first-order valence-corrected chi connectivity index (χ1v) is 12.2. The summed E-state index contributed by atoms with van der Waals surface area (Å²) in [5, 5.41) is 5.66. The van der Waals surface area contributed by atoms with Crippen LogP contribution in [-0.4, -0.2) is 61.6 Å². The number of carbonyl (C=O) groups is 3. The summed E-state index contributed by atoms with van der Waals surface area (Å²) in [6.45, 7) is 5.59. The van der Waals surface area contributed by atoms with Crippen LogP contribution in [0.4, 0.5) is 5.69 Å². The van der Waals surface area contributed by atoms with Crippen molar-refractivity contribution >= 4 is 23.5 Å². The third-order valence-corrected chi connectivity index (χ3v) is 5.60. The topological polar surface area (TPSA) is 97.0 Å². The second kappa shape index (κ2) is 13.5. The van der Waals surface area contributed by atoms with Crippen molar-refractivity contribution in [3.8, 4) is 5.75 Å². The minimum absolute atomic E-state index is 0.0160. The number of hydrogen-bond donors (Lipinski definition) is 2. The summed E-state index contributed by atoms with van der Waals surface area (Å²) in [6.07, 6.45) is 1.67. The van der Waals surface area contributed by atoms with E-state index in [1.807, 2.05) is 50.2 Å². The first-order chi connectivity index (χ1) is 16.9. The van der Waals surface area contributed by atoms with E-state index in [9.17, 15) is 14.4 Å². The van der Waals surface area contributed by atoms with Gasteiger partial charge in [0.1, 0.15) is 11.8 Å². The standard InChI is InChI=1S/C27H35N3O5/c1-20(2)19-35-26(32)17-23-27(33)28-14-15-30(23)18-25(31)29-22-12-6-7-13-24(22)34-16-8-11-21-9-4-3-5-10-21/h3-7,9-10,12-13,20,23H,8,11,14-19H2,1-2H3,(H,28,33)(H,29,31). The van der Waals surface area contributed by atoms with Crippen LogP contribution in [-0.2, 0) is 25.5 Å². The van der Waals surface area contributed by atoms with Gasteiger partial charge in [-0.2, -0.15) is 0 Å². The van der Waals surface area contributed by atoms with Gasteiger partial charge in [0.15, 0.2) is 0 Å². The Morgan fingerprint density at radius 3 is 2.63 bits per heavy atom. The highest BCUT2D eigenvalue weighted by molar-refractivity contribution is 5.94. The maximum absolute atomic E-state index is 12.8. The van der Waals surface area contributed by atoms with E-state index in [1.54, 1.807) is 11.0 Å². The zero-order chi connectivity index (χ0) is 25.0. The van der Waals surface area contributed by atoms with Crippen molar-refractivity contribution in [2.24, 2.45) is 5.92 Å². The number of para-hydroxylation sites is 2. The number of rotatable bonds is 12. The number of carbonyl (C=O) groups excluding carboxylic acids is 3. The van der Waals surface area contributed by atoms with Gasteiger partial charge in [0.25, 0.3) is 0 Å². The number of nitrogens with zero attached hydrogens (tertiary/aromatic N) is 1. The van der Waals surface area contributed by atoms with Gasteiger partial charge in [-0.05, 0) is 36.5 Å². The fourth-order valence-electron chi connectivity index (χ4n) is 3.82. The molecule has 8 heteroatoms. The molecule has 1 saturated heterocycles. The Labute approximate surface area is 207 Å². The molecule has 2 aromatic rings. The third kappa shape index (κ3) is 8.72. The first kappa shape index (κ1) is 26.2. The number of anilines is 1. The molecule has 8 nitrogen and oxygen atoms in total. The molecule has 1 atom stereocenters. The van der Waals surface area contributed by atoms with Crippen LogP contribution in [0.15, 0.2) is 54.6 Å². The van der Waals surface area contributed by atoms with Gasteiger partial charge in [0.2, 0.25) is 11.8 Å². The summed E-state index contributed by atoms with van der Waals surface area (Å²) >= 11 is 0. The molecule has 0 spiro atoms. The maximum atomic E-state index is 12.8. The zero-order valence-electron chi connectivity index (χ0n) is 20.5. The molecular formula is C27H35N3O5. The van der Waals surface area contributed by atoms with Gasteiger partial charge in [-0.15, -0.1) is 0 Å². The molecule has 2 aromatic carbocycles. The Morgan fingerprint density at radius 2 is 1.86 bits per heavy atom. The molecule has 3 rings (SSSR count). The van der Waals surface area contributed by atoms with Gasteiger partial charge in [-0.1, -0.05) is 56.3 Å². The van der Waals surface area contributed by atoms with E-state index in [0.717, 1.165) is 12.8 Å². The largest absolute Gasteiger partial charge is 0.491 e. The summed E-state index contributed by atoms with van der Waals surface area (Å²) in [5.74, 6) is -0.186. The van der Waals surface area contributed by atoms with Crippen molar-refractivity contribution < 1.29 is 23.9 Å². The predicted octanol–water partition coefficient (Wildman–Crippen LogP) is 3.03. The van der Waals surface area contributed by atoms with E-state index in [4.69, 9.17) is 9.47 Å². The van der Waals surface area contributed by atoms with Crippen LogP contribution in [0.3, 0.4) is 0 Å². The molecule has 0 aromatic heterocycles. The molecule has 2 N–H and O–H groups in total. The van der Waals surface area contributed by atoms with Gasteiger partial charge in [-0.25, -0.2) is 0 Å². The van der Waals surface area contributed by atoms with Gasteiger partial charge in [0, 0.05) is 13.1 Å². The fraction of sp³-hybridized carbons (Fsp3) is 0.444. The molecule has 0 saturated carbocycles. The number of hydrogen-bond acceptors (Lipinski definition) is 6.